The lowest BCUT2D eigenvalue weighted by Crippen LogP contribution is -2.60. The van der Waals surface area contributed by atoms with Gasteiger partial charge in [-0.1, -0.05) is 31.0 Å². The third-order valence-electron chi connectivity index (χ3n) is 6.48. The smallest absolute Gasteiger partial charge is 0.317 e. The van der Waals surface area contributed by atoms with Crippen LogP contribution < -0.4 is 15.4 Å². The number of hydrogen-bond donors (Lipinski definition) is 2. The number of nitrogens with one attached hydrogen (secondary N) is 2. The van der Waals surface area contributed by atoms with Crippen molar-refractivity contribution in [2.45, 2.75) is 64.5 Å². The molecule has 1 saturated heterocycles. The highest BCUT2D eigenvalue weighted by atomic mass is 16.5. The van der Waals surface area contributed by atoms with Crippen LogP contribution in [0.25, 0.3) is 0 Å². The summed E-state index contributed by atoms with van der Waals surface area (Å²) >= 11 is 0. The number of methoxy groups -OCH3 is 1. The van der Waals surface area contributed by atoms with Gasteiger partial charge in [0.1, 0.15) is 5.75 Å². The summed E-state index contributed by atoms with van der Waals surface area (Å²) in [7, 11) is 1.68. The normalized spacial score (nSPS) is 18.9. The van der Waals surface area contributed by atoms with Crippen molar-refractivity contribution in [2.75, 3.05) is 39.8 Å². The quantitative estimate of drug-likeness (QED) is 0.678. The molecule has 1 aromatic carbocycles. The molecule has 7 heteroatoms. The van der Waals surface area contributed by atoms with Gasteiger partial charge in [-0.05, 0) is 57.6 Å². The van der Waals surface area contributed by atoms with Crippen LogP contribution in [0.2, 0.25) is 0 Å². The molecule has 3 amide bonds. The number of amides is 3. The third-order valence-corrected chi connectivity index (χ3v) is 6.48. The second-order valence-electron chi connectivity index (χ2n) is 10.0. The van der Waals surface area contributed by atoms with Crippen molar-refractivity contribution in [3.8, 4) is 5.75 Å². The lowest BCUT2D eigenvalue weighted by Gasteiger charge is -2.41. The largest absolute Gasteiger partial charge is 0.496 e. The highest BCUT2D eigenvalue weighted by Gasteiger charge is 2.37. The average Bonchev–Trinajstić information content (AvgIpc) is 3.28. The minimum Gasteiger partial charge on any atom is -0.496 e. The SMILES string of the molecule is COc1ccccc1CCNC(=O)C(C1CCCC1)N1CCN(C(=O)NC(C)(C)C)CC1. The Morgan fingerprint density at radius 3 is 2.38 bits per heavy atom. The number of ether oxygens (including phenoxy) is 1. The van der Waals surface area contributed by atoms with Gasteiger partial charge in [-0.15, -0.1) is 0 Å². The topological polar surface area (TPSA) is 73.9 Å². The fraction of sp³-hybridized carbons (Fsp3) is 0.680. The zero-order valence-electron chi connectivity index (χ0n) is 20.2. The van der Waals surface area contributed by atoms with Gasteiger partial charge >= 0.3 is 6.03 Å². The summed E-state index contributed by atoms with van der Waals surface area (Å²) in [5.74, 6) is 1.38. The van der Waals surface area contributed by atoms with E-state index in [1.54, 1.807) is 7.11 Å². The van der Waals surface area contributed by atoms with E-state index in [1.807, 2.05) is 49.9 Å². The fourth-order valence-corrected chi connectivity index (χ4v) is 4.89. The molecule has 7 nitrogen and oxygen atoms in total. The summed E-state index contributed by atoms with van der Waals surface area (Å²) in [6, 6.07) is 7.82. The van der Waals surface area contributed by atoms with Gasteiger partial charge in [0.25, 0.3) is 0 Å². The molecule has 2 N–H and O–H groups in total. The highest BCUT2D eigenvalue weighted by Crippen LogP contribution is 2.31. The van der Waals surface area contributed by atoms with Gasteiger partial charge in [-0.3, -0.25) is 9.69 Å². The standard InChI is InChI=1S/C25H40N4O3/c1-25(2,3)27-24(31)29-17-15-28(16-18-29)22(20-10-5-6-11-20)23(30)26-14-13-19-9-7-8-12-21(19)32-4/h7-9,12,20,22H,5-6,10-11,13-18H2,1-4H3,(H,26,30)(H,27,31). The summed E-state index contributed by atoms with van der Waals surface area (Å²) in [4.78, 5) is 30.0. The number of urea groups is 1. The third kappa shape index (κ3) is 6.61. The molecule has 2 fully saturated rings. The Balaban J connectivity index is 1.57. The summed E-state index contributed by atoms with van der Waals surface area (Å²) in [6.07, 6.45) is 5.35. The number of rotatable bonds is 7. The summed E-state index contributed by atoms with van der Waals surface area (Å²) in [5.41, 5.74) is 0.855. The molecule has 2 aliphatic rings. The van der Waals surface area contributed by atoms with E-state index in [0.717, 1.165) is 43.7 Å². The van der Waals surface area contributed by atoms with E-state index in [9.17, 15) is 9.59 Å². The number of nitrogens with zero attached hydrogens (tertiary/aromatic N) is 2. The average molecular weight is 445 g/mol. The summed E-state index contributed by atoms with van der Waals surface area (Å²) in [6.45, 7) is 9.35. The molecular formula is C25H40N4O3. The zero-order chi connectivity index (χ0) is 23.1. The lowest BCUT2D eigenvalue weighted by molar-refractivity contribution is -0.129. The second kappa shape index (κ2) is 11.0. The van der Waals surface area contributed by atoms with E-state index in [1.165, 1.54) is 12.8 Å². The molecule has 178 valence electrons. The Labute approximate surface area is 192 Å². The van der Waals surface area contributed by atoms with Crippen LogP contribution in [0.1, 0.15) is 52.0 Å². The molecule has 1 aliphatic heterocycles. The van der Waals surface area contributed by atoms with Crippen molar-refractivity contribution in [2.24, 2.45) is 5.92 Å². The van der Waals surface area contributed by atoms with Crippen LogP contribution in [0.4, 0.5) is 4.79 Å². The minimum atomic E-state index is -0.248. The van der Waals surface area contributed by atoms with Gasteiger partial charge in [0.05, 0.1) is 13.2 Å². The van der Waals surface area contributed by atoms with Crippen LogP contribution in [0.3, 0.4) is 0 Å². The molecule has 0 spiro atoms. The van der Waals surface area contributed by atoms with E-state index >= 15 is 0 Å². The first kappa shape index (κ1) is 24.4. The van der Waals surface area contributed by atoms with Gasteiger partial charge in [0, 0.05) is 38.3 Å². The van der Waals surface area contributed by atoms with Crippen molar-refractivity contribution in [3.63, 3.8) is 0 Å². The highest BCUT2D eigenvalue weighted by molar-refractivity contribution is 5.82. The Bertz CT molecular complexity index is 763. The van der Waals surface area contributed by atoms with Gasteiger partial charge < -0.3 is 20.3 Å². The number of hydrogen-bond acceptors (Lipinski definition) is 4. The zero-order valence-corrected chi connectivity index (χ0v) is 20.2. The Morgan fingerprint density at radius 1 is 1.09 bits per heavy atom. The van der Waals surface area contributed by atoms with Crippen molar-refractivity contribution in [1.82, 2.24) is 20.4 Å². The molecule has 1 atom stereocenters. The van der Waals surface area contributed by atoms with E-state index in [2.05, 4.69) is 15.5 Å². The number of piperazine rings is 1. The van der Waals surface area contributed by atoms with Crippen LogP contribution >= 0.6 is 0 Å². The van der Waals surface area contributed by atoms with Crippen molar-refractivity contribution >= 4 is 11.9 Å². The molecule has 3 rings (SSSR count). The van der Waals surface area contributed by atoms with Gasteiger partial charge in [0.2, 0.25) is 5.91 Å². The van der Waals surface area contributed by atoms with Crippen molar-refractivity contribution < 1.29 is 14.3 Å². The predicted octanol–water partition coefficient (Wildman–Crippen LogP) is 3.04. The summed E-state index contributed by atoms with van der Waals surface area (Å²) in [5, 5.41) is 6.24. The molecule has 1 saturated carbocycles. The molecule has 1 unspecified atom stereocenters. The first-order chi connectivity index (χ1) is 15.3. The van der Waals surface area contributed by atoms with Crippen LogP contribution in [0.5, 0.6) is 5.75 Å². The summed E-state index contributed by atoms with van der Waals surface area (Å²) < 4.78 is 5.43. The monoisotopic (exact) mass is 444 g/mol. The predicted molar refractivity (Wildman–Crippen MR) is 127 cm³/mol. The molecule has 0 aromatic heterocycles. The maximum absolute atomic E-state index is 13.3. The molecule has 0 radical (unpaired) electrons. The second-order valence-corrected chi connectivity index (χ2v) is 10.0. The van der Waals surface area contributed by atoms with Crippen molar-refractivity contribution in [3.05, 3.63) is 29.8 Å². The number of para-hydroxylation sites is 1. The Morgan fingerprint density at radius 2 is 1.75 bits per heavy atom. The maximum atomic E-state index is 13.3. The molecule has 1 heterocycles. The Hall–Kier alpha value is -2.28. The van der Waals surface area contributed by atoms with Crippen LogP contribution in [0, 0.1) is 5.92 Å². The maximum Gasteiger partial charge on any atom is 0.317 e. The van der Waals surface area contributed by atoms with Crippen LogP contribution in [0.15, 0.2) is 24.3 Å². The molecule has 1 aliphatic carbocycles. The van der Waals surface area contributed by atoms with Crippen molar-refractivity contribution in [1.29, 1.82) is 0 Å². The fourth-order valence-electron chi connectivity index (χ4n) is 4.89. The number of carbonyl (C=O) groups is 2. The van der Waals surface area contributed by atoms with Crippen LogP contribution in [-0.2, 0) is 11.2 Å². The van der Waals surface area contributed by atoms with Gasteiger partial charge in [0.15, 0.2) is 0 Å². The first-order valence-corrected chi connectivity index (χ1v) is 12.0. The number of benzene rings is 1. The van der Waals surface area contributed by atoms with Crippen LogP contribution in [-0.4, -0.2) is 73.2 Å². The van der Waals surface area contributed by atoms with E-state index in [4.69, 9.17) is 4.74 Å². The molecular weight excluding hydrogens is 404 g/mol. The van der Waals surface area contributed by atoms with Gasteiger partial charge in [-0.25, -0.2) is 4.79 Å². The van der Waals surface area contributed by atoms with E-state index in [0.29, 0.717) is 25.6 Å². The molecule has 1 aromatic rings. The Kier molecular flexibility index (Phi) is 8.40. The molecule has 32 heavy (non-hydrogen) atoms. The lowest BCUT2D eigenvalue weighted by atomic mass is 9.95. The first-order valence-electron chi connectivity index (χ1n) is 12.0. The number of carbonyl (C=O) groups excluding carboxylic acids is 2. The molecule has 0 bridgehead atoms. The minimum absolute atomic E-state index is 0.0178. The van der Waals surface area contributed by atoms with E-state index in [-0.39, 0.29) is 23.5 Å². The van der Waals surface area contributed by atoms with Gasteiger partial charge in [-0.2, -0.15) is 0 Å². The van der Waals surface area contributed by atoms with E-state index < -0.39 is 0 Å².